The summed E-state index contributed by atoms with van der Waals surface area (Å²) in [5.74, 6) is 0. The topological polar surface area (TPSA) is 18.5 Å². The van der Waals surface area contributed by atoms with Crippen LogP contribution in [0.2, 0.25) is 0 Å². The molecule has 0 radical (unpaired) electrons. The zero-order valence-corrected chi connectivity index (χ0v) is 5.22. The van der Waals surface area contributed by atoms with Crippen LogP contribution in [0.25, 0.3) is 0 Å². The van der Waals surface area contributed by atoms with Crippen molar-refractivity contribution in [2.24, 2.45) is 0 Å². The monoisotopic (exact) mass is 112 g/mol. The summed E-state index contributed by atoms with van der Waals surface area (Å²) in [5.41, 5.74) is 0. The second-order valence-corrected chi connectivity index (χ2v) is 1.98. The van der Waals surface area contributed by atoms with Crippen molar-refractivity contribution in [2.75, 3.05) is 19.8 Å². The first-order chi connectivity index (χ1) is 3.93. The van der Waals surface area contributed by atoms with Gasteiger partial charge in [0.25, 0.3) is 0 Å². The Morgan fingerprint density at radius 1 is 1.50 bits per heavy atom. The van der Waals surface area contributed by atoms with Crippen LogP contribution in [0.15, 0.2) is 0 Å². The zero-order chi connectivity index (χ0) is 5.82. The van der Waals surface area contributed by atoms with Gasteiger partial charge in [0, 0.05) is 6.00 Å². The average Bonchev–Trinajstić information content (AvgIpc) is 1.90. The molecule has 4 heteroatoms. The molecule has 1 unspecified atom stereocenters. The first kappa shape index (κ1) is 6.17. The van der Waals surface area contributed by atoms with Gasteiger partial charge in [0.1, 0.15) is 7.17 Å². The summed E-state index contributed by atoms with van der Waals surface area (Å²) in [5, 5.41) is 0. The minimum absolute atomic E-state index is 0.365. The van der Waals surface area contributed by atoms with Crippen LogP contribution in [0.1, 0.15) is 0 Å². The second-order valence-electron chi connectivity index (χ2n) is 1.98. The van der Waals surface area contributed by atoms with E-state index < -0.39 is 0 Å². The van der Waals surface area contributed by atoms with Gasteiger partial charge in [-0.2, -0.15) is 0 Å². The van der Waals surface area contributed by atoms with E-state index in [1.807, 2.05) is 0 Å². The van der Waals surface area contributed by atoms with Gasteiger partial charge in [0.05, 0.1) is 27.6 Å². The Hall–Kier alpha value is 0.0499. The van der Waals surface area contributed by atoms with Crippen molar-refractivity contribution in [3.8, 4) is 0 Å². The van der Waals surface area contributed by atoms with Crippen molar-refractivity contribution in [3.05, 3.63) is 0 Å². The summed E-state index contributed by atoms with van der Waals surface area (Å²) in [6.07, 6.45) is 0. The molecule has 0 aromatic carbocycles. The maximum atomic E-state index is 5.30. The lowest BCUT2D eigenvalue weighted by molar-refractivity contribution is -0.0541. The van der Waals surface area contributed by atoms with Crippen LogP contribution in [-0.2, 0) is 9.47 Å². The molecule has 1 rings (SSSR count). The highest BCUT2D eigenvalue weighted by molar-refractivity contribution is 6.90. The molecule has 0 aliphatic carbocycles. The van der Waals surface area contributed by atoms with Crippen molar-refractivity contribution >= 4 is 14.9 Å². The number of rotatable bonds is 1. The van der Waals surface area contributed by atoms with Crippen LogP contribution in [0.4, 0.5) is 0 Å². The minimum atomic E-state index is 0.365. The summed E-state index contributed by atoms with van der Waals surface area (Å²) in [4.78, 5) is 0. The van der Waals surface area contributed by atoms with Crippen LogP contribution in [-0.4, -0.2) is 40.7 Å². The van der Waals surface area contributed by atoms with Crippen LogP contribution >= 0.6 is 0 Å². The van der Waals surface area contributed by atoms with E-state index >= 15 is 0 Å². The molecular formula is C4H10B2O2. The molecule has 2 nitrogen and oxygen atoms in total. The fourth-order valence-electron chi connectivity index (χ4n) is 0.772. The molecule has 0 saturated carbocycles. The van der Waals surface area contributed by atoms with E-state index in [9.17, 15) is 0 Å². The van der Waals surface area contributed by atoms with Gasteiger partial charge in [-0.15, -0.1) is 0 Å². The van der Waals surface area contributed by atoms with Crippen molar-refractivity contribution in [1.82, 2.24) is 0 Å². The maximum Gasteiger partial charge on any atom is 0.122 e. The van der Waals surface area contributed by atoms with Gasteiger partial charge in [-0.05, 0) is 0 Å². The third-order valence-corrected chi connectivity index (χ3v) is 1.34. The molecule has 0 aromatic rings. The Labute approximate surface area is 51.2 Å². The van der Waals surface area contributed by atoms with E-state index in [4.69, 9.17) is 9.47 Å². The summed E-state index contributed by atoms with van der Waals surface area (Å²) in [6.45, 7) is 2.34. The smallest absolute Gasteiger partial charge is 0.122 e. The van der Waals surface area contributed by atoms with Gasteiger partial charge in [0.2, 0.25) is 0 Å². The molecule has 0 amide bonds. The van der Waals surface area contributed by atoms with Gasteiger partial charge in [-0.25, -0.2) is 0 Å². The highest BCUT2D eigenvalue weighted by Gasteiger charge is 2.10. The number of hydrogen-bond donors (Lipinski definition) is 0. The van der Waals surface area contributed by atoms with Crippen molar-refractivity contribution in [1.29, 1.82) is 0 Å². The van der Waals surface area contributed by atoms with Gasteiger partial charge >= 0.3 is 0 Å². The highest BCUT2D eigenvalue weighted by Crippen LogP contribution is 1.96. The van der Waals surface area contributed by atoms with Gasteiger partial charge in [-0.1, -0.05) is 0 Å². The first-order valence-electron chi connectivity index (χ1n) is 3.13. The number of ether oxygens (including phenoxy) is 2. The fraction of sp³-hybridized carbons (Fsp3) is 1.00. The summed E-state index contributed by atoms with van der Waals surface area (Å²) >= 11 is 0. The quantitative estimate of drug-likeness (QED) is 0.378. The van der Waals surface area contributed by atoms with Gasteiger partial charge < -0.3 is 9.47 Å². The predicted molar refractivity (Wildman–Crippen MR) is 36.3 cm³/mol. The Morgan fingerprint density at radius 3 is 2.75 bits per heavy atom. The Kier molecular flexibility index (Phi) is 2.43. The normalized spacial score (nSPS) is 29.8. The second kappa shape index (κ2) is 3.15. The molecule has 0 N–H and O–H groups in total. The highest BCUT2D eigenvalue weighted by atomic mass is 16.6. The van der Waals surface area contributed by atoms with Gasteiger partial charge in [0.15, 0.2) is 0 Å². The molecule has 1 aliphatic rings. The lowest BCUT2D eigenvalue weighted by Gasteiger charge is -2.20. The van der Waals surface area contributed by atoms with E-state index in [0.29, 0.717) is 6.00 Å². The largest absolute Gasteiger partial charge is 0.383 e. The van der Waals surface area contributed by atoms with Crippen LogP contribution in [0, 0.1) is 0 Å². The minimum Gasteiger partial charge on any atom is -0.383 e. The Bertz CT molecular complexity index is 63.1. The molecule has 0 spiro atoms. The van der Waals surface area contributed by atoms with E-state index in [0.717, 1.165) is 27.0 Å². The maximum absolute atomic E-state index is 5.30. The summed E-state index contributed by atoms with van der Waals surface area (Å²) in [7, 11) is 3.18. The van der Waals surface area contributed by atoms with E-state index in [-0.39, 0.29) is 0 Å². The molecular weight excluding hydrogens is 102 g/mol. The standard InChI is InChI=1S/C4H10B2O2/c5-6-4-3-7-1-2-8-4/h4,6H,1-3,5H2. The van der Waals surface area contributed by atoms with E-state index in [1.54, 1.807) is 0 Å². The van der Waals surface area contributed by atoms with Crippen LogP contribution < -0.4 is 0 Å². The van der Waals surface area contributed by atoms with E-state index in [2.05, 4.69) is 7.74 Å². The molecule has 1 fully saturated rings. The molecule has 1 heterocycles. The molecule has 1 aliphatic heterocycles. The molecule has 0 bridgehead atoms. The third kappa shape index (κ3) is 1.53. The van der Waals surface area contributed by atoms with Crippen molar-refractivity contribution in [3.63, 3.8) is 0 Å². The molecule has 0 aromatic heterocycles. The van der Waals surface area contributed by atoms with Crippen LogP contribution in [0.5, 0.6) is 0 Å². The molecule has 44 valence electrons. The molecule has 8 heavy (non-hydrogen) atoms. The first-order valence-corrected chi connectivity index (χ1v) is 3.13. The van der Waals surface area contributed by atoms with Crippen molar-refractivity contribution < 1.29 is 9.47 Å². The lowest BCUT2D eigenvalue weighted by atomic mass is 9.51. The summed E-state index contributed by atoms with van der Waals surface area (Å²) < 4.78 is 10.5. The molecule has 1 atom stereocenters. The Balaban J connectivity index is 2.13. The lowest BCUT2D eigenvalue weighted by Crippen LogP contribution is -2.33. The Morgan fingerprint density at radius 2 is 2.38 bits per heavy atom. The average molecular weight is 112 g/mol. The van der Waals surface area contributed by atoms with Crippen molar-refractivity contribution in [2.45, 2.75) is 6.00 Å². The van der Waals surface area contributed by atoms with Gasteiger partial charge in [-0.3, -0.25) is 0 Å². The zero-order valence-electron chi connectivity index (χ0n) is 5.22. The van der Waals surface area contributed by atoms with E-state index in [1.165, 1.54) is 0 Å². The SMILES string of the molecule is BBC1COCCO1. The number of hydrogen-bond acceptors (Lipinski definition) is 2. The summed E-state index contributed by atoms with van der Waals surface area (Å²) in [6, 6.07) is 0.365. The molecule has 1 saturated heterocycles. The van der Waals surface area contributed by atoms with Crippen LogP contribution in [0.3, 0.4) is 0 Å². The third-order valence-electron chi connectivity index (χ3n) is 1.34. The fourth-order valence-corrected chi connectivity index (χ4v) is 0.772. The predicted octanol–water partition coefficient (Wildman–Crippen LogP) is -1.66.